The van der Waals surface area contributed by atoms with Crippen molar-refractivity contribution < 1.29 is 13.6 Å². The molecule has 1 atom stereocenters. The van der Waals surface area contributed by atoms with Crippen molar-refractivity contribution in [3.63, 3.8) is 0 Å². The first-order valence-corrected chi connectivity index (χ1v) is 8.77. The lowest BCUT2D eigenvalue weighted by Crippen LogP contribution is -2.29. The maximum Gasteiger partial charge on any atom is 0.252 e. The van der Waals surface area contributed by atoms with Crippen molar-refractivity contribution in [2.75, 3.05) is 0 Å². The highest BCUT2D eigenvalue weighted by Crippen LogP contribution is 2.20. The summed E-state index contributed by atoms with van der Waals surface area (Å²) in [6, 6.07) is 6.59. The lowest BCUT2D eigenvalue weighted by atomic mass is 10.1. The molecular formula is C14H13BrCl2N3O3S-. The lowest BCUT2D eigenvalue weighted by Gasteiger charge is -2.13. The molecule has 0 bridgehead atoms. The van der Waals surface area contributed by atoms with E-state index in [0.717, 1.165) is 5.56 Å². The van der Waals surface area contributed by atoms with Crippen molar-refractivity contribution in [1.82, 2.24) is 4.57 Å². The molecule has 0 aliphatic heterocycles. The number of hydrogen-bond acceptors (Lipinski definition) is 4. The molecule has 2 rings (SSSR count). The number of nitrogens with one attached hydrogen (secondary N) is 1. The maximum atomic E-state index is 11.4. The SMILES string of the molecule is Cl.N=c1c(C(N)=O)cc(Cl)cn1Cc1ccc(Br)c(CS(=O)[O-])c1. The average Bonchev–Trinajstić information content (AvgIpc) is 2.45. The first-order valence-electron chi connectivity index (χ1n) is 6.35. The Hall–Kier alpha value is -1.19. The van der Waals surface area contributed by atoms with Crippen LogP contribution in [0.3, 0.4) is 0 Å². The third-order valence-corrected chi connectivity index (χ3v) is 4.63. The molecular weight excluding hydrogens is 441 g/mol. The van der Waals surface area contributed by atoms with Crippen molar-refractivity contribution >= 4 is 56.9 Å². The molecule has 3 N–H and O–H groups in total. The van der Waals surface area contributed by atoms with Gasteiger partial charge in [0.2, 0.25) is 0 Å². The Labute approximate surface area is 160 Å². The summed E-state index contributed by atoms with van der Waals surface area (Å²) in [4.78, 5) is 11.4. The number of pyridine rings is 1. The number of nitrogens with two attached hydrogens (primary N) is 1. The van der Waals surface area contributed by atoms with Crippen LogP contribution in [-0.4, -0.2) is 19.2 Å². The minimum absolute atomic E-state index is 0. The fourth-order valence-electron chi connectivity index (χ4n) is 2.08. The van der Waals surface area contributed by atoms with Crippen LogP contribution >= 0.6 is 39.9 Å². The van der Waals surface area contributed by atoms with Crippen LogP contribution < -0.4 is 11.2 Å². The van der Waals surface area contributed by atoms with Gasteiger partial charge in [0.25, 0.3) is 5.91 Å². The molecule has 0 aliphatic rings. The van der Waals surface area contributed by atoms with Crippen molar-refractivity contribution in [3.05, 3.63) is 62.1 Å². The molecule has 1 aromatic heterocycles. The van der Waals surface area contributed by atoms with Crippen LogP contribution in [0.4, 0.5) is 0 Å². The largest absolute Gasteiger partial charge is 0.772 e. The topological polar surface area (TPSA) is 112 Å². The van der Waals surface area contributed by atoms with E-state index in [1.165, 1.54) is 16.8 Å². The number of amides is 1. The van der Waals surface area contributed by atoms with Crippen molar-refractivity contribution in [2.24, 2.45) is 5.73 Å². The maximum absolute atomic E-state index is 11.4. The van der Waals surface area contributed by atoms with Crippen molar-refractivity contribution in [3.8, 4) is 0 Å². The molecule has 0 saturated heterocycles. The summed E-state index contributed by atoms with van der Waals surface area (Å²) >= 11 is 7.05. The highest BCUT2D eigenvalue weighted by Gasteiger charge is 2.09. The third-order valence-electron chi connectivity index (χ3n) is 3.11. The Kier molecular flexibility index (Phi) is 7.62. The fraction of sp³-hybridized carbons (Fsp3) is 0.143. The fourth-order valence-corrected chi connectivity index (χ4v) is 3.38. The molecule has 24 heavy (non-hydrogen) atoms. The first kappa shape index (κ1) is 20.9. The smallest absolute Gasteiger partial charge is 0.252 e. The molecule has 1 amide bonds. The minimum Gasteiger partial charge on any atom is -0.772 e. The molecule has 130 valence electrons. The highest BCUT2D eigenvalue weighted by molar-refractivity contribution is 9.10. The van der Waals surface area contributed by atoms with Gasteiger partial charge in [-0.3, -0.25) is 14.4 Å². The molecule has 0 aliphatic carbocycles. The first-order chi connectivity index (χ1) is 10.8. The summed E-state index contributed by atoms with van der Waals surface area (Å²) in [6.07, 6.45) is 1.52. The molecule has 1 aromatic carbocycles. The van der Waals surface area contributed by atoms with Crippen LogP contribution in [0.1, 0.15) is 21.5 Å². The molecule has 10 heteroatoms. The van der Waals surface area contributed by atoms with Crippen molar-refractivity contribution in [1.29, 1.82) is 5.41 Å². The van der Waals surface area contributed by atoms with Gasteiger partial charge < -0.3 is 14.9 Å². The Morgan fingerprint density at radius 2 is 2.08 bits per heavy atom. The van der Waals surface area contributed by atoms with Crippen molar-refractivity contribution in [2.45, 2.75) is 12.3 Å². The monoisotopic (exact) mass is 452 g/mol. The van der Waals surface area contributed by atoms with E-state index in [-0.39, 0.29) is 40.8 Å². The number of halogens is 3. The number of primary amides is 1. The number of rotatable bonds is 5. The predicted octanol–water partition coefficient (Wildman–Crippen LogP) is 2.33. The van der Waals surface area contributed by atoms with E-state index in [1.54, 1.807) is 18.2 Å². The van der Waals surface area contributed by atoms with Crippen LogP contribution in [0.2, 0.25) is 5.02 Å². The zero-order valence-corrected chi connectivity index (χ0v) is 16.1. The highest BCUT2D eigenvalue weighted by atomic mass is 79.9. The second-order valence-corrected chi connectivity index (χ2v) is 6.97. The van der Waals surface area contributed by atoms with Crippen LogP contribution in [-0.2, 0) is 23.4 Å². The van der Waals surface area contributed by atoms with Gasteiger partial charge in [0.1, 0.15) is 5.49 Å². The number of carbonyl (C=O) groups is 1. The number of aromatic nitrogens is 1. The molecule has 1 unspecified atom stereocenters. The molecule has 0 saturated carbocycles. The van der Waals surface area contributed by atoms with E-state index in [0.29, 0.717) is 10.0 Å². The third kappa shape index (κ3) is 5.15. The van der Waals surface area contributed by atoms with Gasteiger partial charge in [0, 0.05) is 23.0 Å². The molecule has 2 aromatic rings. The van der Waals surface area contributed by atoms with Gasteiger partial charge in [-0.15, -0.1) is 12.4 Å². The van der Waals surface area contributed by atoms with Crippen LogP contribution in [0.15, 0.2) is 34.9 Å². The van der Waals surface area contributed by atoms with E-state index in [1.807, 2.05) is 0 Å². The van der Waals surface area contributed by atoms with Crippen LogP contribution in [0.5, 0.6) is 0 Å². The van der Waals surface area contributed by atoms with Gasteiger partial charge in [-0.1, -0.05) is 50.7 Å². The number of benzene rings is 1. The molecule has 6 nitrogen and oxygen atoms in total. The summed E-state index contributed by atoms with van der Waals surface area (Å²) in [5.74, 6) is -0.848. The van der Waals surface area contributed by atoms with Gasteiger partial charge in [0.15, 0.2) is 0 Å². The minimum atomic E-state index is -2.21. The second-order valence-electron chi connectivity index (χ2n) is 4.79. The Balaban J connectivity index is 0.00000288. The Bertz CT molecular complexity index is 858. The molecule has 0 fully saturated rings. The summed E-state index contributed by atoms with van der Waals surface area (Å²) in [5.41, 5.74) is 6.59. The Morgan fingerprint density at radius 3 is 2.67 bits per heavy atom. The normalized spacial score (nSPS) is 11.6. The van der Waals surface area contributed by atoms with Gasteiger partial charge in [-0.25, -0.2) is 0 Å². The van der Waals surface area contributed by atoms with Crippen LogP contribution in [0, 0.1) is 5.41 Å². The Morgan fingerprint density at radius 1 is 1.42 bits per heavy atom. The average molecular weight is 454 g/mol. The quantitative estimate of drug-likeness (QED) is 0.677. The number of nitrogens with zero attached hydrogens (tertiary/aromatic N) is 1. The zero-order chi connectivity index (χ0) is 17.1. The van der Waals surface area contributed by atoms with E-state index >= 15 is 0 Å². The molecule has 0 spiro atoms. The number of carbonyl (C=O) groups excluding carboxylic acids is 1. The summed E-state index contributed by atoms with van der Waals surface area (Å²) in [7, 11) is 0. The van der Waals surface area contributed by atoms with Gasteiger partial charge in [0.05, 0.1) is 10.6 Å². The predicted molar refractivity (Wildman–Crippen MR) is 96.9 cm³/mol. The van der Waals surface area contributed by atoms with Gasteiger partial charge in [-0.05, 0) is 23.3 Å². The van der Waals surface area contributed by atoms with Crippen LogP contribution in [0.25, 0.3) is 0 Å². The lowest BCUT2D eigenvalue weighted by molar-refractivity contribution is 0.0997. The van der Waals surface area contributed by atoms with E-state index in [4.69, 9.17) is 22.7 Å². The second kappa shape index (κ2) is 8.77. The molecule has 0 radical (unpaired) electrons. The number of hydrogen-bond donors (Lipinski definition) is 2. The zero-order valence-electron chi connectivity index (χ0n) is 12.1. The summed E-state index contributed by atoms with van der Waals surface area (Å²) in [6.45, 7) is 0.255. The van der Waals surface area contributed by atoms with E-state index in [9.17, 15) is 13.6 Å². The molecule has 1 heterocycles. The summed E-state index contributed by atoms with van der Waals surface area (Å²) < 4.78 is 23.9. The standard InChI is InChI=1S/C14H13BrClN3O3S.ClH/c15-12-2-1-8(3-9(12)7-23(21)22)5-19-6-10(16)4-11(13(19)17)14(18)20;/h1-4,6,17H,5,7H2,(H2,18,20)(H,21,22);1H/p-1. The summed E-state index contributed by atoms with van der Waals surface area (Å²) in [5, 5.41) is 8.31. The van der Waals surface area contributed by atoms with Gasteiger partial charge in [-0.2, -0.15) is 0 Å². The van der Waals surface area contributed by atoms with E-state index < -0.39 is 17.0 Å². The van der Waals surface area contributed by atoms with Gasteiger partial charge >= 0.3 is 0 Å². The van der Waals surface area contributed by atoms with E-state index in [2.05, 4.69) is 15.9 Å².